The van der Waals surface area contributed by atoms with Crippen LogP contribution in [0.4, 0.5) is 0 Å². The molecule has 1 aliphatic carbocycles. The summed E-state index contributed by atoms with van der Waals surface area (Å²) in [5.41, 5.74) is 3.30. The van der Waals surface area contributed by atoms with E-state index in [4.69, 9.17) is 11.6 Å². The molecule has 5 nitrogen and oxygen atoms in total. The lowest BCUT2D eigenvalue weighted by molar-refractivity contribution is -0.120. The highest BCUT2D eigenvalue weighted by atomic mass is 35.5. The molecule has 1 spiro atoms. The molecule has 1 amide bonds. The van der Waals surface area contributed by atoms with E-state index in [1.807, 2.05) is 6.92 Å². The van der Waals surface area contributed by atoms with E-state index in [1.165, 1.54) is 11.1 Å². The molecule has 1 N–H and O–H groups in total. The molecule has 1 saturated heterocycles. The third-order valence-corrected chi connectivity index (χ3v) is 6.46. The SMILES string of the molecule is CC(=O)NC(C)(C)[C@@H]1CC2(CCN(N=O)CC2)c2cc(Cl)c(C)cc21. The zero-order valence-corrected chi connectivity index (χ0v) is 16.1. The number of carbonyl (C=O) groups is 1. The summed E-state index contributed by atoms with van der Waals surface area (Å²) in [6.45, 7) is 9.11. The first kappa shape index (κ1) is 18.2. The lowest BCUT2D eigenvalue weighted by atomic mass is 9.72. The van der Waals surface area contributed by atoms with Gasteiger partial charge in [0.15, 0.2) is 0 Å². The first-order valence-electron chi connectivity index (χ1n) is 8.86. The van der Waals surface area contributed by atoms with Gasteiger partial charge in [0, 0.05) is 36.5 Å². The van der Waals surface area contributed by atoms with E-state index in [9.17, 15) is 9.70 Å². The van der Waals surface area contributed by atoms with Gasteiger partial charge in [-0.2, -0.15) is 0 Å². The van der Waals surface area contributed by atoms with Crippen LogP contribution in [0.25, 0.3) is 0 Å². The van der Waals surface area contributed by atoms with Gasteiger partial charge in [-0.05, 0) is 68.2 Å². The first-order valence-corrected chi connectivity index (χ1v) is 9.24. The summed E-state index contributed by atoms with van der Waals surface area (Å²) in [5, 5.41) is 8.61. The Morgan fingerprint density at radius 2 is 2.00 bits per heavy atom. The van der Waals surface area contributed by atoms with Crippen LogP contribution in [0.15, 0.2) is 17.4 Å². The van der Waals surface area contributed by atoms with Crippen molar-refractivity contribution in [3.63, 3.8) is 0 Å². The molecule has 0 radical (unpaired) electrons. The van der Waals surface area contributed by atoms with E-state index >= 15 is 0 Å². The molecule has 0 saturated carbocycles. The van der Waals surface area contributed by atoms with Crippen LogP contribution in [0.5, 0.6) is 0 Å². The topological polar surface area (TPSA) is 61.8 Å². The van der Waals surface area contributed by atoms with E-state index in [0.717, 1.165) is 29.8 Å². The average molecular weight is 364 g/mol. The summed E-state index contributed by atoms with van der Waals surface area (Å²) < 4.78 is 0. The third kappa shape index (κ3) is 3.14. The third-order valence-electron chi connectivity index (χ3n) is 6.05. The van der Waals surface area contributed by atoms with Crippen LogP contribution in [0.2, 0.25) is 5.02 Å². The Balaban J connectivity index is 2.04. The van der Waals surface area contributed by atoms with Crippen LogP contribution in [-0.4, -0.2) is 29.5 Å². The van der Waals surface area contributed by atoms with Crippen LogP contribution < -0.4 is 5.32 Å². The number of benzene rings is 1. The molecule has 0 bridgehead atoms. The van der Waals surface area contributed by atoms with E-state index < -0.39 is 0 Å². The number of carbonyl (C=O) groups excluding carboxylic acids is 1. The predicted molar refractivity (Wildman–Crippen MR) is 99.7 cm³/mol. The second-order valence-corrected chi connectivity index (χ2v) is 8.57. The lowest BCUT2D eigenvalue weighted by Crippen LogP contribution is -2.47. The maximum Gasteiger partial charge on any atom is 0.217 e. The molecule has 1 fully saturated rings. The second-order valence-electron chi connectivity index (χ2n) is 8.16. The van der Waals surface area contributed by atoms with E-state index in [1.54, 1.807) is 11.9 Å². The van der Waals surface area contributed by atoms with Gasteiger partial charge in [0.2, 0.25) is 5.91 Å². The number of hydrogen-bond donors (Lipinski definition) is 1. The summed E-state index contributed by atoms with van der Waals surface area (Å²) >= 11 is 6.45. The Morgan fingerprint density at radius 3 is 2.56 bits per heavy atom. The van der Waals surface area contributed by atoms with Gasteiger partial charge < -0.3 is 5.32 Å². The highest BCUT2D eigenvalue weighted by Crippen LogP contribution is 2.55. The number of halogens is 1. The molecule has 1 heterocycles. The summed E-state index contributed by atoms with van der Waals surface area (Å²) in [6, 6.07) is 4.30. The van der Waals surface area contributed by atoms with Gasteiger partial charge in [-0.1, -0.05) is 17.7 Å². The Bertz CT molecular complexity index is 709. The molecule has 6 heteroatoms. The van der Waals surface area contributed by atoms with Crippen molar-refractivity contribution in [3.05, 3.63) is 38.8 Å². The molecule has 1 aromatic rings. The highest BCUT2D eigenvalue weighted by molar-refractivity contribution is 6.31. The molecule has 0 aromatic heterocycles. The summed E-state index contributed by atoms with van der Waals surface area (Å²) in [7, 11) is 0. The fraction of sp³-hybridized carbons (Fsp3) is 0.632. The summed E-state index contributed by atoms with van der Waals surface area (Å²) in [6.07, 6.45) is 2.73. The number of nitrogens with zero attached hydrogens (tertiary/aromatic N) is 2. The maximum atomic E-state index is 11.7. The predicted octanol–water partition coefficient (Wildman–Crippen LogP) is 4.07. The van der Waals surface area contributed by atoms with Gasteiger partial charge in [-0.15, -0.1) is 4.91 Å². The van der Waals surface area contributed by atoms with Crippen LogP contribution in [-0.2, 0) is 10.2 Å². The van der Waals surface area contributed by atoms with Crippen LogP contribution in [0.3, 0.4) is 0 Å². The van der Waals surface area contributed by atoms with Crippen molar-refractivity contribution in [3.8, 4) is 0 Å². The second kappa shape index (κ2) is 6.27. The number of piperidine rings is 1. The van der Waals surface area contributed by atoms with Gasteiger partial charge in [-0.25, -0.2) is 0 Å². The van der Waals surface area contributed by atoms with Crippen molar-refractivity contribution in [1.82, 2.24) is 10.3 Å². The fourth-order valence-corrected chi connectivity index (χ4v) is 4.89. The lowest BCUT2D eigenvalue weighted by Gasteiger charge is -2.39. The zero-order chi connectivity index (χ0) is 18.4. The molecule has 2 aliphatic rings. The maximum absolute atomic E-state index is 11.7. The van der Waals surface area contributed by atoms with Gasteiger partial charge >= 0.3 is 0 Å². The number of nitrogens with one attached hydrogen (secondary N) is 1. The minimum atomic E-state index is -0.343. The summed E-state index contributed by atoms with van der Waals surface area (Å²) in [4.78, 5) is 22.6. The molecular weight excluding hydrogens is 338 g/mol. The van der Waals surface area contributed by atoms with Crippen molar-refractivity contribution >= 4 is 17.5 Å². The Morgan fingerprint density at radius 1 is 1.36 bits per heavy atom. The minimum absolute atomic E-state index is 0.00820. The Kier molecular flexibility index (Phi) is 4.56. The highest BCUT2D eigenvalue weighted by Gasteiger charge is 2.50. The zero-order valence-electron chi connectivity index (χ0n) is 15.4. The number of amides is 1. The van der Waals surface area contributed by atoms with Crippen LogP contribution >= 0.6 is 11.6 Å². The van der Waals surface area contributed by atoms with E-state index in [-0.39, 0.29) is 22.8 Å². The fourth-order valence-electron chi connectivity index (χ4n) is 4.72. The Labute approximate surface area is 154 Å². The molecular formula is C19H26ClN3O2. The summed E-state index contributed by atoms with van der Waals surface area (Å²) in [5.74, 6) is 0.205. The molecule has 1 atom stereocenters. The van der Waals surface area contributed by atoms with E-state index in [2.05, 4.69) is 36.6 Å². The normalized spacial score (nSPS) is 22.0. The quantitative estimate of drug-likeness (QED) is 0.823. The van der Waals surface area contributed by atoms with Gasteiger partial charge in [0.1, 0.15) is 0 Å². The molecule has 0 unspecified atom stereocenters. The molecule has 25 heavy (non-hydrogen) atoms. The minimum Gasteiger partial charge on any atom is -0.351 e. The van der Waals surface area contributed by atoms with Crippen molar-refractivity contribution in [1.29, 1.82) is 0 Å². The Hall–Kier alpha value is -1.62. The number of rotatable bonds is 3. The molecule has 3 rings (SSSR count). The molecule has 1 aromatic carbocycles. The molecule has 1 aliphatic heterocycles. The van der Waals surface area contributed by atoms with Crippen molar-refractivity contribution in [2.45, 2.75) is 63.8 Å². The van der Waals surface area contributed by atoms with Crippen molar-refractivity contribution in [2.75, 3.05) is 13.1 Å². The smallest absolute Gasteiger partial charge is 0.217 e. The van der Waals surface area contributed by atoms with E-state index in [0.29, 0.717) is 13.1 Å². The number of nitroso groups, excluding NO2 is 1. The number of fused-ring (bicyclic) bond motifs is 2. The van der Waals surface area contributed by atoms with Crippen LogP contribution in [0.1, 0.15) is 62.6 Å². The van der Waals surface area contributed by atoms with Gasteiger partial charge in [0.05, 0.1) is 5.29 Å². The first-order chi connectivity index (χ1) is 11.7. The standard InChI is InChI=1S/C19H26ClN3O2/c1-12-9-14-15(10-17(12)20)19(5-7-23(22-25)8-6-19)11-16(14)18(3,4)21-13(2)24/h9-10,16H,5-8,11H2,1-4H3,(H,21,24)/t16-/m1/s1. The average Bonchev–Trinajstić information content (AvgIpc) is 2.82. The van der Waals surface area contributed by atoms with Gasteiger partial charge in [-0.3, -0.25) is 9.80 Å². The molecule has 136 valence electrons. The number of aryl methyl sites for hydroxylation is 1. The van der Waals surface area contributed by atoms with Crippen molar-refractivity contribution in [2.24, 2.45) is 5.29 Å². The van der Waals surface area contributed by atoms with Crippen LogP contribution in [0, 0.1) is 11.8 Å². The largest absolute Gasteiger partial charge is 0.351 e. The van der Waals surface area contributed by atoms with Crippen molar-refractivity contribution < 1.29 is 4.79 Å². The number of hydrogen-bond acceptors (Lipinski definition) is 3. The monoisotopic (exact) mass is 363 g/mol. The van der Waals surface area contributed by atoms with Gasteiger partial charge in [0.25, 0.3) is 0 Å².